The van der Waals surface area contributed by atoms with Gasteiger partial charge in [0.2, 0.25) is 11.8 Å². The molecule has 2 N–H and O–H groups in total. The van der Waals surface area contributed by atoms with Crippen LogP contribution in [0.5, 0.6) is 11.6 Å². The molecule has 3 heterocycles. The lowest BCUT2D eigenvalue weighted by molar-refractivity contribution is 0.458. The topological polar surface area (TPSA) is 114 Å². The zero-order chi connectivity index (χ0) is 26.0. The molecule has 0 spiro atoms. The van der Waals surface area contributed by atoms with E-state index < -0.39 is 10.0 Å². The number of hydrogen-bond acceptors (Lipinski definition) is 8. The number of aromatic nitrogens is 4. The van der Waals surface area contributed by atoms with Crippen LogP contribution in [-0.4, -0.2) is 54.3 Å². The van der Waals surface area contributed by atoms with Crippen molar-refractivity contribution in [1.82, 2.24) is 25.1 Å². The Hall–Kier alpha value is -3.96. The summed E-state index contributed by atoms with van der Waals surface area (Å²) in [6.45, 7) is 7.66. The monoisotopic (exact) mass is 519 g/mol. The van der Waals surface area contributed by atoms with Crippen molar-refractivity contribution in [2.45, 2.75) is 18.7 Å². The number of sulfonamides is 1. The van der Waals surface area contributed by atoms with Gasteiger partial charge in [0, 0.05) is 56.2 Å². The average molecular weight is 520 g/mol. The summed E-state index contributed by atoms with van der Waals surface area (Å²) in [5.41, 5.74) is 4.27. The normalized spacial score (nSPS) is 14.0. The van der Waals surface area contributed by atoms with E-state index in [1.165, 1.54) is 17.1 Å². The first-order chi connectivity index (χ1) is 17.8. The molecule has 37 heavy (non-hydrogen) atoms. The summed E-state index contributed by atoms with van der Waals surface area (Å²) < 4.78 is 36.0. The van der Waals surface area contributed by atoms with E-state index in [4.69, 9.17) is 4.74 Å². The van der Waals surface area contributed by atoms with Crippen LogP contribution in [-0.2, 0) is 17.1 Å². The van der Waals surface area contributed by atoms with Gasteiger partial charge in [-0.05, 0) is 43.7 Å². The van der Waals surface area contributed by atoms with Crippen molar-refractivity contribution in [1.29, 1.82) is 0 Å². The van der Waals surface area contributed by atoms with Crippen molar-refractivity contribution in [2.75, 3.05) is 35.8 Å². The maximum absolute atomic E-state index is 13.0. The molecule has 4 aromatic rings. The molecule has 0 bridgehead atoms. The minimum atomic E-state index is -3.95. The third-order valence-corrected chi connectivity index (χ3v) is 7.53. The number of rotatable bonds is 7. The first-order valence-electron chi connectivity index (χ1n) is 12.0. The third-order valence-electron chi connectivity index (χ3n) is 6.25. The van der Waals surface area contributed by atoms with Gasteiger partial charge in [-0.3, -0.25) is 4.68 Å². The molecule has 10 nitrogen and oxygen atoms in total. The van der Waals surface area contributed by atoms with E-state index in [2.05, 4.69) is 30.0 Å². The van der Waals surface area contributed by atoms with Crippen LogP contribution < -0.4 is 19.7 Å². The van der Waals surface area contributed by atoms with Crippen molar-refractivity contribution >= 4 is 21.7 Å². The molecule has 0 saturated carbocycles. The SMILES string of the molecule is Cc1ccccc1-c1nc(NS(=O)(=O)c2cnn(C)c2)nc(Oc2ccc(N3CCNCC3)cc2)c1C. The van der Waals surface area contributed by atoms with Crippen molar-refractivity contribution in [2.24, 2.45) is 7.05 Å². The van der Waals surface area contributed by atoms with Gasteiger partial charge in [-0.25, -0.2) is 18.1 Å². The molecule has 192 valence electrons. The molecule has 11 heteroatoms. The predicted octanol–water partition coefficient (Wildman–Crippen LogP) is 3.50. The molecule has 5 rings (SSSR count). The largest absolute Gasteiger partial charge is 0.439 e. The van der Waals surface area contributed by atoms with Gasteiger partial charge in [0.05, 0.1) is 11.9 Å². The summed E-state index contributed by atoms with van der Waals surface area (Å²) in [6, 6.07) is 15.6. The first-order valence-corrected chi connectivity index (χ1v) is 13.5. The molecule has 1 fully saturated rings. The number of anilines is 2. The Morgan fingerprint density at radius 2 is 1.73 bits per heavy atom. The zero-order valence-corrected chi connectivity index (χ0v) is 21.8. The van der Waals surface area contributed by atoms with E-state index in [1.807, 2.05) is 62.4 Å². The second kappa shape index (κ2) is 10.2. The maximum atomic E-state index is 13.0. The van der Waals surface area contributed by atoms with Crippen LogP contribution in [0, 0.1) is 13.8 Å². The molecular formula is C26H29N7O3S. The molecule has 0 amide bonds. The van der Waals surface area contributed by atoms with Crippen molar-refractivity contribution in [3.8, 4) is 22.9 Å². The van der Waals surface area contributed by atoms with Crippen LogP contribution in [0.25, 0.3) is 11.3 Å². The summed E-state index contributed by atoms with van der Waals surface area (Å²) in [7, 11) is -2.30. The lowest BCUT2D eigenvalue weighted by atomic mass is 10.0. The van der Waals surface area contributed by atoms with Gasteiger partial charge >= 0.3 is 0 Å². The van der Waals surface area contributed by atoms with Crippen LogP contribution in [0.15, 0.2) is 65.8 Å². The van der Waals surface area contributed by atoms with Gasteiger partial charge in [0.15, 0.2) is 0 Å². The van der Waals surface area contributed by atoms with Crippen LogP contribution in [0.4, 0.5) is 11.6 Å². The Kier molecular flexibility index (Phi) is 6.81. The van der Waals surface area contributed by atoms with E-state index in [0.29, 0.717) is 17.0 Å². The lowest BCUT2D eigenvalue weighted by Crippen LogP contribution is -2.43. The number of nitrogens with one attached hydrogen (secondary N) is 2. The van der Waals surface area contributed by atoms with E-state index in [1.54, 1.807) is 7.05 Å². The Balaban J connectivity index is 1.50. The standard InChI is InChI=1S/C26H29N7O3S/c1-18-6-4-5-7-23(18)24-19(2)25(30-26(29-24)31-37(34,35)22-16-28-32(3)17-22)36-21-10-8-20(9-11-21)33-14-12-27-13-15-33/h4-11,16-17,27H,12-15H2,1-3H3,(H,29,30,31). The fourth-order valence-electron chi connectivity index (χ4n) is 4.22. The highest BCUT2D eigenvalue weighted by atomic mass is 32.2. The lowest BCUT2D eigenvalue weighted by Gasteiger charge is -2.29. The van der Waals surface area contributed by atoms with Gasteiger partial charge in [0.1, 0.15) is 10.6 Å². The first kappa shape index (κ1) is 24.7. The Morgan fingerprint density at radius 1 is 1.00 bits per heavy atom. The van der Waals surface area contributed by atoms with Crippen molar-refractivity contribution in [3.63, 3.8) is 0 Å². The molecule has 0 radical (unpaired) electrons. The Labute approximate surface area is 216 Å². The third kappa shape index (κ3) is 5.42. The highest BCUT2D eigenvalue weighted by Crippen LogP contribution is 2.34. The van der Waals surface area contributed by atoms with Crippen molar-refractivity contribution in [3.05, 3.63) is 72.1 Å². The number of aryl methyl sites for hydroxylation is 2. The summed E-state index contributed by atoms with van der Waals surface area (Å²) in [5, 5.41) is 7.31. The average Bonchev–Trinajstić information content (AvgIpc) is 3.34. The fourth-order valence-corrected chi connectivity index (χ4v) is 5.14. The number of hydrogen-bond donors (Lipinski definition) is 2. The molecule has 1 aliphatic rings. The van der Waals surface area contributed by atoms with Gasteiger partial charge in [-0.15, -0.1) is 0 Å². The number of piperazine rings is 1. The van der Waals surface area contributed by atoms with Gasteiger partial charge < -0.3 is 15.0 Å². The summed E-state index contributed by atoms with van der Waals surface area (Å²) in [4.78, 5) is 11.4. The summed E-state index contributed by atoms with van der Waals surface area (Å²) >= 11 is 0. The smallest absolute Gasteiger partial charge is 0.267 e. The van der Waals surface area contributed by atoms with Crippen molar-refractivity contribution < 1.29 is 13.2 Å². The minimum absolute atomic E-state index is 0.0163. The van der Waals surface area contributed by atoms with Crippen LogP contribution >= 0.6 is 0 Å². The zero-order valence-electron chi connectivity index (χ0n) is 21.0. The van der Waals surface area contributed by atoms with Crippen LogP contribution in [0.1, 0.15) is 11.1 Å². The Morgan fingerprint density at radius 3 is 2.41 bits per heavy atom. The highest BCUT2D eigenvalue weighted by molar-refractivity contribution is 7.92. The number of nitrogens with zero attached hydrogens (tertiary/aromatic N) is 5. The fraction of sp³-hybridized carbons (Fsp3) is 0.269. The highest BCUT2D eigenvalue weighted by Gasteiger charge is 2.22. The summed E-state index contributed by atoms with van der Waals surface area (Å²) in [5.74, 6) is 0.782. The molecule has 1 saturated heterocycles. The molecule has 0 unspecified atom stereocenters. The second-order valence-corrected chi connectivity index (χ2v) is 10.6. The predicted molar refractivity (Wildman–Crippen MR) is 143 cm³/mol. The van der Waals surface area contributed by atoms with Gasteiger partial charge in [-0.2, -0.15) is 10.1 Å². The maximum Gasteiger partial charge on any atom is 0.267 e. The second-order valence-electron chi connectivity index (χ2n) is 8.93. The van der Waals surface area contributed by atoms with E-state index in [-0.39, 0.29) is 16.7 Å². The van der Waals surface area contributed by atoms with E-state index >= 15 is 0 Å². The molecule has 0 aliphatic carbocycles. The molecular weight excluding hydrogens is 490 g/mol. The number of benzene rings is 2. The number of ether oxygens (including phenoxy) is 1. The molecule has 0 atom stereocenters. The Bertz CT molecular complexity index is 1510. The van der Waals surface area contributed by atoms with Crippen LogP contribution in [0.2, 0.25) is 0 Å². The van der Waals surface area contributed by atoms with Gasteiger partial charge in [-0.1, -0.05) is 24.3 Å². The molecule has 2 aromatic carbocycles. The minimum Gasteiger partial charge on any atom is -0.439 e. The van der Waals surface area contributed by atoms with Crippen LogP contribution in [0.3, 0.4) is 0 Å². The molecule has 2 aromatic heterocycles. The quantitative estimate of drug-likeness (QED) is 0.381. The summed E-state index contributed by atoms with van der Waals surface area (Å²) in [6.07, 6.45) is 2.69. The van der Waals surface area contributed by atoms with E-state index in [0.717, 1.165) is 43.0 Å². The van der Waals surface area contributed by atoms with E-state index in [9.17, 15) is 8.42 Å². The molecule has 1 aliphatic heterocycles. The van der Waals surface area contributed by atoms with Gasteiger partial charge in [0.25, 0.3) is 10.0 Å².